The average Bonchev–Trinajstić information content (AvgIpc) is 2.92. The summed E-state index contributed by atoms with van der Waals surface area (Å²) in [6, 6.07) is 0. The molecule has 0 radical (unpaired) electrons. The van der Waals surface area contributed by atoms with Crippen LogP contribution < -0.4 is 0 Å². The van der Waals surface area contributed by atoms with Crippen molar-refractivity contribution in [2.75, 3.05) is 6.61 Å². The Hall–Kier alpha value is -2.04. The highest BCUT2D eigenvalue weighted by Gasteiger charge is 2.66. The molecular formula is C20H24O5. The van der Waals surface area contributed by atoms with Crippen molar-refractivity contribution in [3.63, 3.8) is 0 Å². The van der Waals surface area contributed by atoms with Gasteiger partial charge in [0.2, 0.25) is 0 Å². The SMILES string of the molecule is C=C/C(=C\O)C1CC2(C)C(CCC34COC(=O)C3C=CCC24)C(=O)O1. The van der Waals surface area contributed by atoms with Crippen molar-refractivity contribution in [2.24, 2.45) is 28.6 Å². The molecule has 1 spiro atoms. The standard InChI is InChI=1S/C20H24O5/c1-3-12(10-21)15-9-19(2)13(18(23)25-15)7-8-20-11-24-17(22)14(20)5-4-6-16(19)20/h3-5,10,13-16,21H,1,6-9,11H2,2H3/b12-10+. The summed E-state index contributed by atoms with van der Waals surface area (Å²) in [4.78, 5) is 25.0. The molecule has 0 aromatic heterocycles. The monoisotopic (exact) mass is 344 g/mol. The van der Waals surface area contributed by atoms with E-state index in [0.29, 0.717) is 25.0 Å². The van der Waals surface area contributed by atoms with Crippen LogP contribution in [0, 0.1) is 28.6 Å². The zero-order valence-corrected chi connectivity index (χ0v) is 14.4. The third kappa shape index (κ3) is 2.07. The number of carbonyl (C=O) groups excluding carboxylic acids is 2. The van der Waals surface area contributed by atoms with Gasteiger partial charge in [0.05, 0.1) is 24.7 Å². The highest BCUT2D eigenvalue weighted by atomic mass is 16.5. The Balaban J connectivity index is 1.75. The Morgan fingerprint density at radius 2 is 2.20 bits per heavy atom. The van der Waals surface area contributed by atoms with E-state index in [-0.39, 0.29) is 40.5 Å². The van der Waals surface area contributed by atoms with E-state index in [9.17, 15) is 14.7 Å². The number of esters is 2. The smallest absolute Gasteiger partial charge is 0.313 e. The van der Waals surface area contributed by atoms with Crippen LogP contribution in [0.5, 0.6) is 0 Å². The van der Waals surface area contributed by atoms with Crippen LogP contribution in [0.4, 0.5) is 0 Å². The fourth-order valence-corrected chi connectivity index (χ4v) is 5.89. The van der Waals surface area contributed by atoms with E-state index in [1.54, 1.807) is 0 Å². The van der Waals surface area contributed by atoms with Crippen LogP contribution in [0.2, 0.25) is 0 Å². The second kappa shape index (κ2) is 5.48. The number of allylic oxidation sites excluding steroid dienone is 1. The lowest BCUT2D eigenvalue weighted by Gasteiger charge is -2.59. The molecule has 6 unspecified atom stereocenters. The first-order valence-electron chi connectivity index (χ1n) is 8.97. The van der Waals surface area contributed by atoms with E-state index in [0.717, 1.165) is 19.1 Å². The van der Waals surface area contributed by atoms with Gasteiger partial charge < -0.3 is 14.6 Å². The molecule has 2 saturated heterocycles. The van der Waals surface area contributed by atoms with Gasteiger partial charge in [-0.1, -0.05) is 31.7 Å². The normalized spacial score (nSPS) is 45.7. The number of ether oxygens (including phenoxy) is 2. The number of fused-ring (bicyclic) bond motifs is 2. The lowest BCUT2D eigenvalue weighted by atomic mass is 9.45. The van der Waals surface area contributed by atoms with Gasteiger partial charge in [-0.3, -0.25) is 9.59 Å². The Kier molecular flexibility index (Phi) is 3.60. The maximum Gasteiger partial charge on any atom is 0.313 e. The number of cyclic esters (lactones) is 2. The molecule has 1 N–H and O–H groups in total. The summed E-state index contributed by atoms with van der Waals surface area (Å²) in [5.74, 6) is -0.536. The van der Waals surface area contributed by atoms with E-state index in [1.807, 2.05) is 6.08 Å². The first kappa shape index (κ1) is 16.4. The summed E-state index contributed by atoms with van der Waals surface area (Å²) in [6.45, 7) is 6.30. The van der Waals surface area contributed by atoms with Gasteiger partial charge in [-0.25, -0.2) is 0 Å². The molecule has 0 aromatic carbocycles. The lowest BCUT2D eigenvalue weighted by molar-refractivity contribution is -0.190. The van der Waals surface area contributed by atoms with Crippen LogP contribution in [-0.2, 0) is 19.1 Å². The molecule has 3 fully saturated rings. The summed E-state index contributed by atoms with van der Waals surface area (Å²) in [5.41, 5.74) is 0.0116. The largest absolute Gasteiger partial charge is 0.515 e. The fourth-order valence-electron chi connectivity index (χ4n) is 5.89. The molecule has 2 aliphatic heterocycles. The maximum atomic E-state index is 12.7. The van der Waals surface area contributed by atoms with Gasteiger partial charge in [-0.15, -0.1) is 0 Å². The maximum absolute atomic E-state index is 12.7. The molecule has 0 amide bonds. The van der Waals surface area contributed by atoms with Gasteiger partial charge in [0.25, 0.3) is 0 Å². The number of hydrogen-bond donors (Lipinski definition) is 1. The molecule has 134 valence electrons. The van der Waals surface area contributed by atoms with Crippen LogP contribution in [-0.4, -0.2) is 29.8 Å². The van der Waals surface area contributed by atoms with Crippen molar-refractivity contribution >= 4 is 11.9 Å². The van der Waals surface area contributed by atoms with Gasteiger partial charge in [0.15, 0.2) is 0 Å². The molecule has 4 rings (SSSR count). The second-order valence-electron chi connectivity index (χ2n) is 8.09. The van der Waals surface area contributed by atoms with Crippen molar-refractivity contribution in [3.8, 4) is 0 Å². The Bertz CT molecular complexity index is 692. The fraction of sp³-hybridized carbons (Fsp3) is 0.600. The third-order valence-electron chi connectivity index (χ3n) is 7.17. The molecule has 0 bridgehead atoms. The molecule has 5 nitrogen and oxygen atoms in total. The average molecular weight is 344 g/mol. The Morgan fingerprint density at radius 3 is 2.92 bits per heavy atom. The van der Waals surface area contributed by atoms with Gasteiger partial charge in [-0.05, 0) is 37.0 Å². The highest BCUT2D eigenvalue weighted by molar-refractivity contribution is 5.79. The number of rotatable bonds is 2. The molecule has 25 heavy (non-hydrogen) atoms. The van der Waals surface area contributed by atoms with Crippen LogP contribution in [0.3, 0.4) is 0 Å². The zero-order chi connectivity index (χ0) is 17.8. The molecule has 4 aliphatic rings. The van der Waals surface area contributed by atoms with Gasteiger partial charge in [0.1, 0.15) is 6.10 Å². The Labute approximate surface area is 147 Å². The second-order valence-corrected chi connectivity index (χ2v) is 8.09. The first-order valence-corrected chi connectivity index (χ1v) is 8.97. The predicted octanol–water partition coefficient (Wildman–Crippen LogP) is 3.08. The lowest BCUT2D eigenvalue weighted by Crippen LogP contribution is -2.59. The molecular weight excluding hydrogens is 320 g/mol. The Morgan fingerprint density at radius 1 is 1.40 bits per heavy atom. The minimum absolute atomic E-state index is 0.139. The van der Waals surface area contributed by atoms with Crippen LogP contribution in [0.1, 0.15) is 32.6 Å². The van der Waals surface area contributed by atoms with E-state index in [4.69, 9.17) is 9.47 Å². The third-order valence-corrected chi connectivity index (χ3v) is 7.17. The molecule has 0 aromatic rings. The van der Waals surface area contributed by atoms with Crippen molar-refractivity contribution in [1.29, 1.82) is 0 Å². The van der Waals surface area contributed by atoms with Crippen molar-refractivity contribution in [2.45, 2.75) is 38.7 Å². The summed E-state index contributed by atoms with van der Waals surface area (Å²) < 4.78 is 11.1. The van der Waals surface area contributed by atoms with Crippen molar-refractivity contribution in [3.05, 3.63) is 36.6 Å². The predicted molar refractivity (Wildman–Crippen MR) is 90.4 cm³/mol. The highest BCUT2D eigenvalue weighted by Crippen LogP contribution is 2.65. The van der Waals surface area contributed by atoms with Crippen LogP contribution in [0.15, 0.2) is 36.6 Å². The first-order chi connectivity index (χ1) is 12.0. The van der Waals surface area contributed by atoms with E-state index in [1.165, 1.54) is 6.08 Å². The molecule has 1 saturated carbocycles. The molecule has 6 atom stereocenters. The minimum Gasteiger partial charge on any atom is -0.515 e. The quantitative estimate of drug-likeness (QED) is 0.361. The zero-order valence-electron chi connectivity index (χ0n) is 14.4. The van der Waals surface area contributed by atoms with Crippen molar-refractivity contribution < 1.29 is 24.2 Å². The van der Waals surface area contributed by atoms with E-state index >= 15 is 0 Å². The summed E-state index contributed by atoms with van der Waals surface area (Å²) >= 11 is 0. The number of aliphatic hydroxyl groups excluding tert-OH is 1. The van der Waals surface area contributed by atoms with E-state index < -0.39 is 6.10 Å². The minimum atomic E-state index is -0.492. The van der Waals surface area contributed by atoms with E-state index in [2.05, 4.69) is 19.6 Å². The molecule has 2 heterocycles. The summed E-state index contributed by atoms with van der Waals surface area (Å²) in [6.07, 6.45) is 9.07. The van der Waals surface area contributed by atoms with Gasteiger partial charge in [-0.2, -0.15) is 0 Å². The topological polar surface area (TPSA) is 72.8 Å². The van der Waals surface area contributed by atoms with Gasteiger partial charge in [0, 0.05) is 11.0 Å². The number of hydrogen-bond acceptors (Lipinski definition) is 5. The van der Waals surface area contributed by atoms with Crippen LogP contribution in [0.25, 0.3) is 0 Å². The molecule has 2 aliphatic carbocycles. The summed E-state index contributed by atoms with van der Waals surface area (Å²) in [7, 11) is 0. The van der Waals surface area contributed by atoms with Crippen LogP contribution >= 0.6 is 0 Å². The number of aliphatic hydroxyl groups is 1. The van der Waals surface area contributed by atoms with Gasteiger partial charge >= 0.3 is 11.9 Å². The summed E-state index contributed by atoms with van der Waals surface area (Å²) in [5, 5.41) is 9.46. The van der Waals surface area contributed by atoms with Crippen molar-refractivity contribution in [1.82, 2.24) is 0 Å². The molecule has 5 heteroatoms. The number of carbonyl (C=O) groups is 2.